The van der Waals surface area contributed by atoms with E-state index in [-0.39, 0.29) is 17.1 Å². The molecule has 0 saturated heterocycles. The van der Waals surface area contributed by atoms with Gasteiger partial charge in [-0.2, -0.15) is 5.26 Å². The first kappa shape index (κ1) is 18.2. The van der Waals surface area contributed by atoms with Gasteiger partial charge in [0, 0.05) is 36.7 Å². The smallest absolute Gasteiger partial charge is 0.162 e. The lowest BCUT2D eigenvalue weighted by molar-refractivity contribution is -0.119. The van der Waals surface area contributed by atoms with Crippen LogP contribution in [0, 0.1) is 16.7 Å². The third-order valence-electron chi connectivity index (χ3n) is 4.63. The summed E-state index contributed by atoms with van der Waals surface area (Å²) in [6.07, 6.45) is 1.23. The SMILES string of the molecule is CN(C)N1C(N)=C(C#N)C(c2ccc(Br)s2)C2=C1CC(C)(C)CC2=O. The average molecular weight is 421 g/mol. The van der Waals surface area contributed by atoms with E-state index in [0.717, 1.165) is 20.8 Å². The number of Topliss-reactive ketones (excluding diaryl/α,β-unsaturated/α-hetero) is 1. The number of hydrogen-bond acceptors (Lipinski definition) is 6. The molecule has 3 rings (SSSR count). The Labute approximate surface area is 160 Å². The monoisotopic (exact) mass is 420 g/mol. The van der Waals surface area contributed by atoms with Gasteiger partial charge in [-0.1, -0.05) is 13.8 Å². The predicted octanol–water partition coefficient (Wildman–Crippen LogP) is 3.72. The number of rotatable bonds is 2. The number of nitrogens with two attached hydrogens (primary N) is 1. The van der Waals surface area contributed by atoms with E-state index in [1.165, 1.54) is 0 Å². The van der Waals surface area contributed by atoms with Crippen molar-refractivity contribution in [1.82, 2.24) is 10.0 Å². The lowest BCUT2D eigenvalue weighted by atomic mass is 9.70. The van der Waals surface area contributed by atoms with Gasteiger partial charge in [0.05, 0.1) is 21.3 Å². The highest BCUT2D eigenvalue weighted by atomic mass is 79.9. The normalized spacial score (nSPS) is 23.2. The maximum absolute atomic E-state index is 13.1. The second kappa shape index (κ2) is 6.27. The van der Waals surface area contributed by atoms with Crippen LogP contribution in [0.3, 0.4) is 0 Å². The van der Waals surface area contributed by atoms with Crippen molar-refractivity contribution in [2.24, 2.45) is 11.1 Å². The van der Waals surface area contributed by atoms with E-state index in [1.54, 1.807) is 11.3 Å². The zero-order chi connectivity index (χ0) is 18.5. The molecule has 0 aromatic carbocycles. The number of carbonyl (C=O) groups excluding carboxylic acids is 1. The van der Waals surface area contributed by atoms with Crippen molar-refractivity contribution in [3.8, 4) is 6.07 Å². The number of ketones is 1. The molecule has 0 spiro atoms. The van der Waals surface area contributed by atoms with E-state index in [4.69, 9.17) is 5.73 Å². The Morgan fingerprint density at radius 3 is 2.60 bits per heavy atom. The molecule has 5 nitrogen and oxygen atoms in total. The first-order valence-electron chi connectivity index (χ1n) is 8.05. The average Bonchev–Trinajstić information content (AvgIpc) is 2.90. The highest BCUT2D eigenvalue weighted by Crippen LogP contribution is 2.50. The summed E-state index contributed by atoms with van der Waals surface area (Å²) in [5, 5.41) is 13.5. The van der Waals surface area contributed by atoms with Crippen LogP contribution >= 0.6 is 27.3 Å². The summed E-state index contributed by atoms with van der Waals surface area (Å²) < 4.78 is 0.971. The summed E-state index contributed by atoms with van der Waals surface area (Å²) >= 11 is 5.02. The maximum atomic E-state index is 13.1. The fraction of sp³-hybridized carbons (Fsp3) is 0.444. The van der Waals surface area contributed by atoms with Crippen molar-refractivity contribution in [1.29, 1.82) is 5.26 Å². The molecule has 1 aliphatic heterocycles. The summed E-state index contributed by atoms with van der Waals surface area (Å²) in [6, 6.07) is 6.17. The van der Waals surface area contributed by atoms with Gasteiger partial charge < -0.3 is 5.73 Å². The quantitative estimate of drug-likeness (QED) is 0.788. The van der Waals surface area contributed by atoms with Crippen LogP contribution in [0.2, 0.25) is 0 Å². The Kier molecular flexibility index (Phi) is 4.56. The van der Waals surface area contributed by atoms with Gasteiger partial charge in [0.15, 0.2) is 5.78 Å². The van der Waals surface area contributed by atoms with Crippen molar-refractivity contribution in [2.75, 3.05) is 14.1 Å². The lowest BCUT2D eigenvalue weighted by Gasteiger charge is -2.45. The third-order valence-corrected chi connectivity index (χ3v) is 6.32. The van der Waals surface area contributed by atoms with E-state index in [9.17, 15) is 10.1 Å². The van der Waals surface area contributed by atoms with Crippen LogP contribution in [-0.2, 0) is 4.79 Å². The van der Waals surface area contributed by atoms with Gasteiger partial charge in [-0.3, -0.25) is 9.80 Å². The Morgan fingerprint density at radius 1 is 1.40 bits per heavy atom. The van der Waals surface area contributed by atoms with Crippen molar-refractivity contribution < 1.29 is 4.79 Å². The van der Waals surface area contributed by atoms with Crippen LogP contribution in [0.4, 0.5) is 0 Å². The summed E-state index contributed by atoms with van der Waals surface area (Å²) in [5.41, 5.74) is 8.34. The molecule has 2 N–H and O–H groups in total. The van der Waals surface area contributed by atoms with Gasteiger partial charge in [-0.25, -0.2) is 5.01 Å². The van der Waals surface area contributed by atoms with E-state index in [2.05, 4.69) is 35.8 Å². The van der Waals surface area contributed by atoms with Gasteiger partial charge in [0.25, 0.3) is 0 Å². The molecule has 0 bridgehead atoms. The number of halogens is 1. The minimum Gasteiger partial charge on any atom is -0.383 e. The summed E-state index contributed by atoms with van der Waals surface area (Å²) in [7, 11) is 3.75. The molecular formula is C18H21BrN4OS. The second-order valence-corrected chi connectivity index (χ2v) is 9.94. The third kappa shape index (κ3) is 3.03. The van der Waals surface area contributed by atoms with Gasteiger partial charge in [-0.05, 0) is 39.9 Å². The molecule has 132 valence electrons. The first-order chi connectivity index (χ1) is 11.7. The second-order valence-electron chi connectivity index (χ2n) is 7.45. The molecule has 7 heteroatoms. The Hall–Kier alpha value is -1.62. The fourth-order valence-corrected chi connectivity index (χ4v) is 5.26. The molecule has 1 aromatic heterocycles. The Bertz CT molecular complexity index is 844. The van der Waals surface area contributed by atoms with Gasteiger partial charge >= 0.3 is 0 Å². The van der Waals surface area contributed by atoms with E-state index in [1.807, 2.05) is 36.2 Å². The van der Waals surface area contributed by atoms with Gasteiger partial charge in [0.1, 0.15) is 5.82 Å². The summed E-state index contributed by atoms with van der Waals surface area (Å²) in [5.74, 6) is 0.134. The molecule has 1 aromatic rings. The van der Waals surface area contributed by atoms with E-state index < -0.39 is 0 Å². The van der Waals surface area contributed by atoms with Crippen LogP contribution < -0.4 is 5.73 Å². The van der Waals surface area contributed by atoms with Crippen molar-refractivity contribution >= 4 is 33.0 Å². The van der Waals surface area contributed by atoms with Crippen molar-refractivity contribution in [3.05, 3.63) is 43.5 Å². The van der Waals surface area contributed by atoms with Crippen molar-refractivity contribution in [3.63, 3.8) is 0 Å². The van der Waals surface area contributed by atoms with Crippen LogP contribution in [0.5, 0.6) is 0 Å². The van der Waals surface area contributed by atoms with Gasteiger partial charge in [-0.15, -0.1) is 11.3 Å². The zero-order valence-electron chi connectivity index (χ0n) is 14.8. The standard InChI is InChI=1S/C18H21BrN4OS/c1-18(2)7-11-16(12(24)8-18)15(13-5-6-14(19)25-13)10(9-20)17(21)23(11)22(3)4/h5-6,15H,7-8,21H2,1-4H3. The van der Waals surface area contributed by atoms with Crippen LogP contribution in [-0.4, -0.2) is 29.9 Å². The number of thiophene rings is 1. The molecular weight excluding hydrogens is 400 g/mol. The molecule has 0 saturated carbocycles. The number of hydrazine groups is 1. The molecule has 1 unspecified atom stereocenters. The molecule has 25 heavy (non-hydrogen) atoms. The lowest BCUT2D eigenvalue weighted by Crippen LogP contribution is -2.47. The number of hydrogen-bond donors (Lipinski definition) is 1. The molecule has 1 aliphatic carbocycles. The fourth-order valence-electron chi connectivity index (χ4n) is 3.72. The minimum absolute atomic E-state index is 0.105. The topological polar surface area (TPSA) is 73.4 Å². The number of carbonyl (C=O) groups is 1. The molecule has 2 aliphatic rings. The number of nitriles is 1. The Balaban J connectivity index is 2.28. The van der Waals surface area contributed by atoms with Crippen LogP contribution in [0.25, 0.3) is 0 Å². The molecule has 0 radical (unpaired) electrons. The van der Waals surface area contributed by atoms with E-state index >= 15 is 0 Å². The Morgan fingerprint density at radius 2 is 2.08 bits per heavy atom. The molecule has 0 fully saturated rings. The minimum atomic E-state index is -0.379. The summed E-state index contributed by atoms with van der Waals surface area (Å²) in [6.45, 7) is 4.19. The number of allylic oxidation sites excluding steroid dienone is 3. The van der Waals surface area contributed by atoms with Gasteiger partial charge in [0.2, 0.25) is 0 Å². The predicted molar refractivity (Wildman–Crippen MR) is 102 cm³/mol. The van der Waals surface area contributed by atoms with Crippen molar-refractivity contribution in [2.45, 2.75) is 32.6 Å². The van der Waals surface area contributed by atoms with Crippen LogP contribution in [0.1, 0.15) is 37.5 Å². The zero-order valence-corrected chi connectivity index (χ0v) is 17.2. The number of nitrogens with zero attached hydrogens (tertiary/aromatic N) is 3. The largest absolute Gasteiger partial charge is 0.383 e. The van der Waals surface area contributed by atoms with E-state index in [0.29, 0.717) is 23.4 Å². The molecule has 0 amide bonds. The maximum Gasteiger partial charge on any atom is 0.162 e. The molecule has 2 heterocycles. The highest BCUT2D eigenvalue weighted by Gasteiger charge is 2.45. The highest BCUT2D eigenvalue weighted by molar-refractivity contribution is 9.11. The first-order valence-corrected chi connectivity index (χ1v) is 9.66. The summed E-state index contributed by atoms with van der Waals surface area (Å²) in [4.78, 5) is 14.1. The van der Waals surface area contributed by atoms with Crippen LogP contribution in [0.15, 0.2) is 38.6 Å². The molecule has 1 atom stereocenters.